The third-order valence-electron chi connectivity index (χ3n) is 0.978. The minimum Gasteiger partial charge on any atom is -0.477 e. The molecule has 0 aliphatic rings. The number of pyridine rings is 1. The van der Waals surface area contributed by atoms with Gasteiger partial charge in [-0.1, -0.05) is 29.8 Å². The third kappa shape index (κ3) is 4.38. The molecule has 0 atom stereocenters. The van der Waals surface area contributed by atoms with Gasteiger partial charge in [0.2, 0.25) is 0 Å². The van der Waals surface area contributed by atoms with Crippen molar-refractivity contribution in [3.8, 4) is 0 Å². The molecule has 0 fully saturated rings. The maximum Gasteiger partial charge on any atom is 0.354 e. The highest BCUT2D eigenvalue weighted by molar-refractivity contribution is 9.11. The molecule has 0 aliphatic heterocycles. The fraction of sp³-hybridized carbons (Fsp3) is 0.250. The van der Waals surface area contributed by atoms with E-state index in [1.54, 1.807) is 6.07 Å². The van der Waals surface area contributed by atoms with Crippen LogP contribution in [0.25, 0.3) is 0 Å². The monoisotopic (exact) mass is 309 g/mol. The maximum absolute atomic E-state index is 10.4. The summed E-state index contributed by atoms with van der Waals surface area (Å²) in [4.78, 5) is 14.1. The topological polar surface area (TPSA) is 50.2 Å². The van der Waals surface area contributed by atoms with Gasteiger partial charge in [0.1, 0.15) is 4.60 Å². The molecule has 0 radical (unpaired) electrons. The number of carboxylic acids is 1. The van der Waals surface area contributed by atoms with Crippen molar-refractivity contribution >= 4 is 37.8 Å². The number of hydrogen-bond donors (Lipinski definition) is 1. The molecule has 5 heteroatoms. The minimum atomic E-state index is -1.04. The molecule has 0 aliphatic carbocycles. The predicted molar refractivity (Wildman–Crippen MR) is 57.9 cm³/mol. The highest BCUT2D eigenvalue weighted by Crippen LogP contribution is 2.16. The van der Waals surface area contributed by atoms with Crippen LogP contribution in [0, 0.1) is 0 Å². The van der Waals surface area contributed by atoms with Gasteiger partial charge >= 0.3 is 5.97 Å². The van der Waals surface area contributed by atoms with Gasteiger partial charge in [0, 0.05) is 4.47 Å². The molecule has 1 heterocycles. The number of nitrogens with zero attached hydrogens (tertiary/aromatic N) is 1. The SMILES string of the molecule is CC.O=C(O)c1cc(Br)cc(Br)n1. The van der Waals surface area contributed by atoms with Gasteiger partial charge in [0.25, 0.3) is 0 Å². The molecule has 0 aromatic carbocycles. The van der Waals surface area contributed by atoms with Crippen molar-refractivity contribution in [2.75, 3.05) is 0 Å². The molecule has 1 aromatic heterocycles. The summed E-state index contributed by atoms with van der Waals surface area (Å²) in [6.07, 6.45) is 0. The fourth-order valence-corrected chi connectivity index (χ4v) is 1.75. The molecular formula is C8H9Br2NO2. The van der Waals surface area contributed by atoms with Gasteiger partial charge in [-0.15, -0.1) is 0 Å². The summed E-state index contributed by atoms with van der Waals surface area (Å²) in [5.41, 5.74) is 0.0197. The van der Waals surface area contributed by atoms with Crippen LogP contribution in [-0.4, -0.2) is 16.1 Å². The summed E-state index contributed by atoms with van der Waals surface area (Å²) in [6.45, 7) is 4.00. The van der Waals surface area contributed by atoms with E-state index in [4.69, 9.17) is 5.11 Å². The van der Waals surface area contributed by atoms with E-state index in [1.165, 1.54) is 6.07 Å². The van der Waals surface area contributed by atoms with Gasteiger partial charge < -0.3 is 5.11 Å². The molecule has 0 amide bonds. The fourth-order valence-electron chi connectivity index (χ4n) is 0.575. The first kappa shape index (κ1) is 12.6. The molecule has 0 spiro atoms. The first-order chi connectivity index (χ1) is 6.09. The Morgan fingerprint density at radius 3 is 2.31 bits per heavy atom. The van der Waals surface area contributed by atoms with Gasteiger partial charge in [-0.2, -0.15) is 0 Å². The summed E-state index contributed by atoms with van der Waals surface area (Å²) >= 11 is 6.22. The van der Waals surface area contributed by atoms with Gasteiger partial charge in [0.15, 0.2) is 5.69 Å². The standard InChI is InChI=1S/C6H3Br2NO2.C2H6/c7-3-1-4(6(10)11)9-5(8)2-3;1-2/h1-2H,(H,10,11);1-2H3. The van der Waals surface area contributed by atoms with Gasteiger partial charge in [-0.25, -0.2) is 9.78 Å². The minimum absolute atomic E-state index is 0.0197. The summed E-state index contributed by atoms with van der Waals surface area (Å²) in [6, 6.07) is 3.11. The van der Waals surface area contributed by atoms with Crippen molar-refractivity contribution in [2.45, 2.75) is 13.8 Å². The largest absolute Gasteiger partial charge is 0.477 e. The van der Waals surface area contributed by atoms with Crippen LogP contribution in [0.5, 0.6) is 0 Å². The Labute approximate surface area is 93.4 Å². The number of aromatic carboxylic acids is 1. The lowest BCUT2D eigenvalue weighted by molar-refractivity contribution is 0.0690. The van der Waals surface area contributed by atoms with Gasteiger partial charge in [0.05, 0.1) is 0 Å². The quantitative estimate of drug-likeness (QED) is 0.809. The summed E-state index contributed by atoms with van der Waals surface area (Å²) in [5, 5.41) is 8.53. The van der Waals surface area contributed by atoms with E-state index in [0.717, 1.165) is 0 Å². The normalized spacial score (nSPS) is 8.62. The predicted octanol–water partition coefficient (Wildman–Crippen LogP) is 3.33. The van der Waals surface area contributed by atoms with Crippen LogP contribution < -0.4 is 0 Å². The molecule has 0 unspecified atom stereocenters. The number of halogens is 2. The molecule has 0 saturated carbocycles. The van der Waals surface area contributed by atoms with E-state index >= 15 is 0 Å². The lowest BCUT2D eigenvalue weighted by Crippen LogP contribution is -1.99. The van der Waals surface area contributed by atoms with Gasteiger partial charge in [-0.3, -0.25) is 0 Å². The van der Waals surface area contributed by atoms with Crippen LogP contribution in [0.1, 0.15) is 24.3 Å². The molecular weight excluding hydrogens is 302 g/mol. The smallest absolute Gasteiger partial charge is 0.354 e. The first-order valence-corrected chi connectivity index (χ1v) is 5.24. The molecule has 1 N–H and O–H groups in total. The zero-order valence-corrected chi connectivity index (χ0v) is 10.4. The Morgan fingerprint density at radius 1 is 1.38 bits per heavy atom. The van der Waals surface area contributed by atoms with Crippen molar-refractivity contribution in [1.82, 2.24) is 4.98 Å². The van der Waals surface area contributed by atoms with E-state index < -0.39 is 5.97 Å². The van der Waals surface area contributed by atoms with Crippen molar-refractivity contribution in [3.05, 3.63) is 26.9 Å². The lowest BCUT2D eigenvalue weighted by atomic mass is 10.4. The van der Waals surface area contributed by atoms with E-state index in [2.05, 4.69) is 36.8 Å². The van der Waals surface area contributed by atoms with Crippen molar-refractivity contribution in [2.24, 2.45) is 0 Å². The first-order valence-electron chi connectivity index (χ1n) is 3.66. The van der Waals surface area contributed by atoms with Gasteiger partial charge in [-0.05, 0) is 28.1 Å². The molecule has 1 aromatic rings. The number of carbonyl (C=O) groups is 1. The Bertz CT molecular complexity index is 282. The van der Waals surface area contributed by atoms with Crippen LogP contribution in [-0.2, 0) is 0 Å². The summed E-state index contributed by atoms with van der Waals surface area (Å²) in [5.74, 6) is -1.04. The maximum atomic E-state index is 10.4. The number of hydrogen-bond acceptors (Lipinski definition) is 2. The summed E-state index contributed by atoms with van der Waals surface area (Å²) in [7, 11) is 0. The van der Waals surface area contributed by atoms with E-state index in [9.17, 15) is 4.79 Å². The van der Waals surface area contributed by atoms with Crippen LogP contribution in [0.2, 0.25) is 0 Å². The average Bonchev–Trinajstić information content (AvgIpc) is 2.06. The second-order valence-corrected chi connectivity index (χ2v) is 3.53. The molecule has 72 valence electrons. The second kappa shape index (κ2) is 6.10. The molecule has 1 rings (SSSR count). The Balaban J connectivity index is 0.000000671. The van der Waals surface area contributed by atoms with Crippen molar-refractivity contribution in [3.63, 3.8) is 0 Å². The molecule has 13 heavy (non-hydrogen) atoms. The molecule has 0 bridgehead atoms. The van der Waals surface area contributed by atoms with Crippen LogP contribution >= 0.6 is 31.9 Å². The van der Waals surface area contributed by atoms with E-state index in [0.29, 0.717) is 9.08 Å². The number of aromatic nitrogens is 1. The molecule has 0 saturated heterocycles. The highest BCUT2D eigenvalue weighted by atomic mass is 79.9. The lowest BCUT2D eigenvalue weighted by Gasteiger charge is -1.95. The Hall–Kier alpha value is -0.420. The van der Waals surface area contributed by atoms with E-state index in [1.807, 2.05) is 13.8 Å². The molecule has 3 nitrogen and oxygen atoms in total. The number of rotatable bonds is 1. The number of carboxylic acid groups (broad SMARTS) is 1. The third-order valence-corrected chi connectivity index (χ3v) is 1.84. The van der Waals surface area contributed by atoms with Crippen molar-refractivity contribution < 1.29 is 9.90 Å². The zero-order chi connectivity index (χ0) is 10.4. The Kier molecular flexibility index (Phi) is 5.90. The summed E-state index contributed by atoms with van der Waals surface area (Å²) < 4.78 is 1.20. The second-order valence-electron chi connectivity index (χ2n) is 1.80. The van der Waals surface area contributed by atoms with Crippen LogP contribution in [0.4, 0.5) is 0 Å². The Morgan fingerprint density at radius 2 is 1.92 bits per heavy atom. The highest BCUT2D eigenvalue weighted by Gasteiger charge is 2.05. The van der Waals surface area contributed by atoms with E-state index in [-0.39, 0.29) is 5.69 Å². The van der Waals surface area contributed by atoms with Crippen LogP contribution in [0.3, 0.4) is 0 Å². The van der Waals surface area contributed by atoms with Crippen molar-refractivity contribution in [1.29, 1.82) is 0 Å². The van der Waals surface area contributed by atoms with Crippen LogP contribution in [0.15, 0.2) is 21.2 Å². The zero-order valence-electron chi connectivity index (χ0n) is 7.21. The average molecular weight is 311 g/mol.